The lowest BCUT2D eigenvalue weighted by molar-refractivity contribution is 0.299. The van der Waals surface area contributed by atoms with Crippen molar-refractivity contribution >= 4 is 16.4 Å². The first-order chi connectivity index (χ1) is 13.0. The van der Waals surface area contributed by atoms with Gasteiger partial charge >= 0.3 is 0 Å². The smallest absolute Gasteiger partial charge is 0.0337 e. The van der Waals surface area contributed by atoms with Crippen molar-refractivity contribution in [3.63, 3.8) is 0 Å². The van der Waals surface area contributed by atoms with Crippen LogP contribution in [0.25, 0.3) is 0 Å². The van der Waals surface area contributed by atoms with E-state index in [1.54, 1.807) is 0 Å². The van der Waals surface area contributed by atoms with Crippen LogP contribution in [0.15, 0.2) is 24.3 Å². The average molecular weight is 393 g/mol. The molecule has 4 atom stereocenters. The van der Waals surface area contributed by atoms with Crippen molar-refractivity contribution in [3.05, 3.63) is 35.4 Å². The van der Waals surface area contributed by atoms with Gasteiger partial charge in [0, 0.05) is 5.88 Å². The van der Waals surface area contributed by atoms with Gasteiger partial charge in [-0.1, -0.05) is 70.2 Å². The van der Waals surface area contributed by atoms with Crippen molar-refractivity contribution < 1.29 is 0 Å². The molecule has 4 unspecified atom stereocenters. The van der Waals surface area contributed by atoms with E-state index in [1.165, 1.54) is 68.2 Å². The molecule has 1 aliphatic rings. The van der Waals surface area contributed by atoms with Crippen molar-refractivity contribution in [3.8, 4) is 0 Å². The Balaban J connectivity index is 0.00000114. The fourth-order valence-corrected chi connectivity index (χ4v) is 5.43. The lowest BCUT2D eigenvalue weighted by atomic mass is 9.83. The molecule has 156 valence electrons. The number of nitrogens with two attached hydrogens (primary N) is 2. The summed E-state index contributed by atoms with van der Waals surface area (Å²) in [6.07, 6.45) is 10.6. The van der Waals surface area contributed by atoms with Crippen LogP contribution in [0.4, 0.5) is 0 Å². The highest BCUT2D eigenvalue weighted by Crippen LogP contribution is 2.37. The van der Waals surface area contributed by atoms with E-state index in [2.05, 4.69) is 44.0 Å². The van der Waals surface area contributed by atoms with Crippen molar-refractivity contribution in [2.75, 3.05) is 18.2 Å². The topological polar surface area (TPSA) is 52.0 Å². The first-order valence-electron chi connectivity index (χ1n) is 11.0. The zero-order valence-corrected chi connectivity index (χ0v) is 18.9. The summed E-state index contributed by atoms with van der Waals surface area (Å²) >= 11 is 0. The van der Waals surface area contributed by atoms with E-state index < -0.39 is 0 Å². The van der Waals surface area contributed by atoms with Crippen LogP contribution in [0.3, 0.4) is 0 Å². The van der Waals surface area contributed by atoms with E-state index in [4.69, 9.17) is 11.5 Å². The molecular weight excluding hydrogens is 348 g/mol. The maximum atomic E-state index is 5.85. The van der Waals surface area contributed by atoms with Crippen molar-refractivity contribution in [1.29, 1.82) is 0 Å². The summed E-state index contributed by atoms with van der Waals surface area (Å²) in [5.74, 6) is 8.89. The van der Waals surface area contributed by atoms with E-state index in [1.807, 2.05) is 6.92 Å². The molecular formula is C24H44N2S. The molecule has 0 bridgehead atoms. The van der Waals surface area contributed by atoms with E-state index in [9.17, 15) is 0 Å². The van der Waals surface area contributed by atoms with Gasteiger partial charge < -0.3 is 11.5 Å². The molecule has 0 aromatic heterocycles. The molecule has 1 aliphatic carbocycles. The molecule has 1 aromatic carbocycles. The fraction of sp³-hybridized carbons (Fsp3) is 0.708. The second kappa shape index (κ2) is 14.4. The van der Waals surface area contributed by atoms with Gasteiger partial charge in [0.05, 0.1) is 0 Å². The van der Waals surface area contributed by atoms with Gasteiger partial charge in [-0.15, -0.1) is 0 Å². The van der Waals surface area contributed by atoms with E-state index in [-0.39, 0.29) is 10.5 Å². The van der Waals surface area contributed by atoms with Gasteiger partial charge in [-0.3, -0.25) is 0 Å². The molecule has 2 nitrogen and oxygen atoms in total. The van der Waals surface area contributed by atoms with Crippen LogP contribution in [-0.4, -0.2) is 24.0 Å². The SMILES string of the molecule is C=S(CN)CC1CCCC(C)CC1CCc1ccc(CCC)cc1.CCN. The molecule has 0 saturated heterocycles. The molecule has 27 heavy (non-hydrogen) atoms. The lowest BCUT2D eigenvalue weighted by Crippen LogP contribution is -2.20. The maximum absolute atomic E-state index is 5.85. The van der Waals surface area contributed by atoms with Crippen molar-refractivity contribution in [2.45, 2.75) is 72.1 Å². The predicted octanol–water partition coefficient (Wildman–Crippen LogP) is 5.60. The van der Waals surface area contributed by atoms with Gasteiger partial charge in [0.1, 0.15) is 0 Å². The highest BCUT2D eigenvalue weighted by molar-refractivity contribution is 8.14. The average Bonchev–Trinajstić information content (AvgIpc) is 2.83. The van der Waals surface area contributed by atoms with Crippen LogP contribution in [0, 0.1) is 17.8 Å². The normalized spacial score (nSPS) is 23.8. The highest BCUT2D eigenvalue weighted by atomic mass is 32.2. The third kappa shape index (κ3) is 9.91. The van der Waals surface area contributed by atoms with Crippen LogP contribution < -0.4 is 11.5 Å². The van der Waals surface area contributed by atoms with Crippen LogP contribution >= 0.6 is 10.5 Å². The summed E-state index contributed by atoms with van der Waals surface area (Å²) < 4.78 is 0. The Morgan fingerprint density at radius 3 is 2.15 bits per heavy atom. The summed E-state index contributed by atoms with van der Waals surface area (Å²) in [6, 6.07) is 9.36. The number of rotatable bonds is 8. The largest absolute Gasteiger partial charge is 0.331 e. The number of hydrogen-bond acceptors (Lipinski definition) is 2. The maximum Gasteiger partial charge on any atom is 0.0337 e. The fourth-order valence-electron chi connectivity index (χ4n) is 4.25. The van der Waals surface area contributed by atoms with E-state index in [0.29, 0.717) is 0 Å². The molecule has 0 amide bonds. The van der Waals surface area contributed by atoms with Gasteiger partial charge in [-0.25, -0.2) is 0 Å². The third-order valence-electron chi connectivity index (χ3n) is 5.69. The first kappa shape index (κ1) is 24.4. The molecule has 0 radical (unpaired) electrons. The summed E-state index contributed by atoms with van der Waals surface area (Å²) in [4.78, 5) is 0. The first-order valence-corrected chi connectivity index (χ1v) is 12.7. The minimum atomic E-state index is 0.160. The van der Waals surface area contributed by atoms with E-state index >= 15 is 0 Å². The molecule has 4 N–H and O–H groups in total. The summed E-state index contributed by atoms with van der Waals surface area (Å²) in [5.41, 5.74) is 13.7. The molecule has 0 spiro atoms. The summed E-state index contributed by atoms with van der Waals surface area (Å²) in [5, 5.41) is 0. The standard InChI is InChI=1S/C22H37NS.C2H7N/c1-4-6-19-9-11-20(12-10-19)13-14-21-15-18(2)7-5-8-22(21)16-24(3)17-23;1-2-3/h9-12,18,21-22H,3-8,13-17,23H2,1-2H3;2-3H2,1H3. The Bertz CT molecular complexity index is 512. The van der Waals surface area contributed by atoms with Crippen LogP contribution in [0.5, 0.6) is 0 Å². The second-order valence-corrected chi connectivity index (χ2v) is 10.1. The quantitative estimate of drug-likeness (QED) is 0.447. The Hall–Kier alpha value is -0.640. The summed E-state index contributed by atoms with van der Waals surface area (Å²) in [6.45, 7) is 7.35. The van der Waals surface area contributed by atoms with Gasteiger partial charge in [0.2, 0.25) is 0 Å². The summed E-state index contributed by atoms with van der Waals surface area (Å²) in [7, 11) is 0.160. The molecule has 1 fully saturated rings. The number of benzene rings is 1. The number of aryl methyl sites for hydroxylation is 2. The zero-order chi connectivity index (χ0) is 20.1. The minimum absolute atomic E-state index is 0.160. The Kier molecular flexibility index (Phi) is 13.0. The monoisotopic (exact) mass is 392 g/mol. The van der Waals surface area contributed by atoms with Crippen molar-refractivity contribution in [2.24, 2.45) is 29.2 Å². The van der Waals surface area contributed by atoms with Gasteiger partial charge in [0.25, 0.3) is 0 Å². The third-order valence-corrected chi connectivity index (χ3v) is 7.07. The predicted molar refractivity (Wildman–Crippen MR) is 127 cm³/mol. The lowest BCUT2D eigenvalue weighted by Gasteiger charge is -2.27. The Morgan fingerprint density at radius 1 is 1.00 bits per heavy atom. The van der Waals surface area contributed by atoms with Gasteiger partial charge in [-0.05, 0) is 73.3 Å². The molecule has 2 rings (SSSR count). The molecule has 1 aromatic rings. The number of hydrogen-bond donors (Lipinski definition) is 2. The highest BCUT2D eigenvalue weighted by Gasteiger charge is 2.26. The Morgan fingerprint density at radius 2 is 1.59 bits per heavy atom. The molecule has 0 aliphatic heterocycles. The molecule has 1 saturated carbocycles. The second-order valence-electron chi connectivity index (χ2n) is 8.25. The van der Waals surface area contributed by atoms with E-state index in [0.717, 1.165) is 30.2 Å². The van der Waals surface area contributed by atoms with Gasteiger partial charge in [0.15, 0.2) is 0 Å². The Labute approximate surface area is 171 Å². The van der Waals surface area contributed by atoms with Crippen LogP contribution in [0.1, 0.15) is 70.4 Å². The van der Waals surface area contributed by atoms with Crippen LogP contribution in [-0.2, 0) is 12.8 Å². The van der Waals surface area contributed by atoms with Crippen LogP contribution in [0.2, 0.25) is 0 Å². The molecule has 3 heteroatoms. The zero-order valence-electron chi connectivity index (χ0n) is 18.1. The minimum Gasteiger partial charge on any atom is -0.331 e. The molecule has 0 heterocycles. The van der Waals surface area contributed by atoms with Gasteiger partial charge in [-0.2, -0.15) is 10.5 Å². The van der Waals surface area contributed by atoms with Crippen molar-refractivity contribution in [1.82, 2.24) is 0 Å².